The molecule has 0 aliphatic carbocycles. The minimum absolute atomic E-state index is 0.448. The van der Waals surface area contributed by atoms with Gasteiger partial charge in [0.2, 0.25) is 5.91 Å². The van der Waals surface area contributed by atoms with Crippen molar-refractivity contribution in [1.29, 1.82) is 0 Å². The Bertz CT molecular complexity index is 983. The monoisotopic (exact) mass is 373 g/mol. The molecule has 1 amide bonds. The van der Waals surface area contributed by atoms with Crippen LogP contribution in [-0.2, 0) is 6.42 Å². The predicted octanol–water partition coefficient (Wildman–Crippen LogP) is 5.15. The van der Waals surface area contributed by atoms with E-state index in [1.165, 1.54) is 0 Å². The van der Waals surface area contributed by atoms with Crippen LogP contribution >= 0.6 is 23.2 Å². The number of carbonyl (C=O) groups excluding carboxylic acids is 1. The van der Waals surface area contributed by atoms with Crippen molar-refractivity contribution in [3.05, 3.63) is 74.8 Å². The van der Waals surface area contributed by atoms with Gasteiger partial charge in [-0.1, -0.05) is 35.3 Å². The maximum Gasteiger partial charge on any atom is 0.249 e. The van der Waals surface area contributed by atoms with Gasteiger partial charge in [0.25, 0.3) is 0 Å². The number of hydrogen-bond donors (Lipinski definition) is 1. The van der Waals surface area contributed by atoms with Gasteiger partial charge in [0.05, 0.1) is 7.11 Å². The van der Waals surface area contributed by atoms with Crippen molar-refractivity contribution in [1.82, 2.24) is 0 Å². The van der Waals surface area contributed by atoms with Gasteiger partial charge in [0.15, 0.2) is 0 Å². The van der Waals surface area contributed by atoms with Crippen LogP contribution in [0.1, 0.15) is 27.0 Å². The maximum atomic E-state index is 11.7. The molecular formula is C20H17Cl2NO2. The average molecular weight is 374 g/mol. The van der Waals surface area contributed by atoms with Crippen molar-refractivity contribution in [3.63, 3.8) is 0 Å². The van der Waals surface area contributed by atoms with Gasteiger partial charge in [-0.25, -0.2) is 0 Å². The molecular weight excluding hydrogens is 357 g/mol. The Morgan fingerprint density at radius 3 is 2.52 bits per heavy atom. The lowest BCUT2D eigenvalue weighted by Gasteiger charge is -2.14. The summed E-state index contributed by atoms with van der Waals surface area (Å²) in [6.07, 6.45) is 0.545. The van der Waals surface area contributed by atoms with Gasteiger partial charge in [0, 0.05) is 21.0 Å². The molecule has 0 atom stereocenters. The van der Waals surface area contributed by atoms with Crippen molar-refractivity contribution in [2.75, 3.05) is 7.11 Å². The molecule has 2 N–H and O–H groups in total. The smallest absolute Gasteiger partial charge is 0.249 e. The molecule has 3 rings (SSSR count). The van der Waals surface area contributed by atoms with Gasteiger partial charge in [-0.2, -0.15) is 0 Å². The van der Waals surface area contributed by atoms with Gasteiger partial charge in [-0.05, 0) is 65.8 Å². The van der Waals surface area contributed by atoms with E-state index in [1.54, 1.807) is 13.2 Å². The number of halogens is 2. The van der Waals surface area contributed by atoms with Crippen LogP contribution < -0.4 is 10.5 Å². The molecule has 0 heterocycles. The van der Waals surface area contributed by atoms with Crippen LogP contribution in [0.3, 0.4) is 0 Å². The summed E-state index contributed by atoms with van der Waals surface area (Å²) in [4.78, 5) is 11.7. The number of hydrogen-bond acceptors (Lipinski definition) is 2. The first-order chi connectivity index (χ1) is 11.9. The van der Waals surface area contributed by atoms with Crippen molar-refractivity contribution in [3.8, 4) is 5.75 Å². The molecule has 3 nitrogen and oxygen atoms in total. The third-order valence-corrected chi connectivity index (χ3v) is 5.05. The molecule has 0 saturated carbocycles. The number of amides is 1. The molecule has 3 aromatic rings. The van der Waals surface area contributed by atoms with Crippen LogP contribution in [0, 0.1) is 6.92 Å². The molecule has 0 unspecified atom stereocenters. The molecule has 5 heteroatoms. The minimum atomic E-state index is -0.481. The quantitative estimate of drug-likeness (QED) is 0.686. The second kappa shape index (κ2) is 6.95. The van der Waals surface area contributed by atoms with Crippen molar-refractivity contribution >= 4 is 39.9 Å². The van der Waals surface area contributed by atoms with E-state index in [9.17, 15) is 4.79 Å². The zero-order valence-corrected chi connectivity index (χ0v) is 15.4. The first-order valence-electron chi connectivity index (χ1n) is 7.74. The van der Waals surface area contributed by atoms with E-state index in [1.807, 2.05) is 43.3 Å². The molecule has 0 aliphatic rings. The van der Waals surface area contributed by atoms with Gasteiger partial charge in [-0.15, -0.1) is 0 Å². The largest absolute Gasteiger partial charge is 0.497 e. The Labute approximate surface area is 156 Å². The van der Waals surface area contributed by atoms with Crippen LogP contribution in [0.2, 0.25) is 10.0 Å². The van der Waals surface area contributed by atoms with Crippen LogP contribution in [-0.4, -0.2) is 13.0 Å². The lowest BCUT2D eigenvalue weighted by atomic mass is 9.94. The summed E-state index contributed by atoms with van der Waals surface area (Å²) < 4.78 is 5.30. The zero-order chi connectivity index (χ0) is 18.1. The van der Waals surface area contributed by atoms with Gasteiger partial charge >= 0.3 is 0 Å². The third kappa shape index (κ3) is 3.44. The standard InChI is InChI=1S/C20H17Cl2NO2/c1-11-13(7-15(25-2)10-16(11)20(23)24)6-14-8-17-12(9-19(14)22)4-3-5-18(17)21/h3-5,7-10H,6H2,1-2H3,(H2,23,24). The maximum absolute atomic E-state index is 11.7. The summed E-state index contributed by atoms with van der Waals surface area (Å²) in [7, 11) is 1.56. The highest BCUT2D eigenvalue weighted by atomic mass is 35.5. The lowest BCUT2D eigenvalue weighted by molar-refractivity contribution is 0.0999. The Hall–Kier alpha value is -2.23. The second-order valence-corrected chi connectivity index (χ2v) is 6.72. The average Bonchev–Trinajstić information content (AvgIpc) is 2.57. The van der Waals surface area contributed by atoms with E-state index in [4.69, 9.17) is 33.7 Å². The zero-order valence-electron chi connectivity index (χ0n) is 13.9. The Balaban J connectivity index is 2.12. The fraction of sp³-hybridized carbons (Fsp3) is 0.150. The van der Waals surface area contributed by atoms with Gasteiger partial charge in [-0.3, -0.25) is 4.79 Å². The van der Waals surface area contributed by atoms with E-state index in [0.29, 0.717) is 27.8 Å². The molecule has 0 radical (unpaired) electrons. The SMILES string of the molecule is COc1cc(Cc2cc3c(Cl)cccc3cc2Cl)c(C)c(C(N)=O)c1. The number of rotatable bonds is 4. The third-order valence-electron chi connectivity index (χ3n) is 4.37. The molecule has 0 aliphatic heterocycles. The van der Waals surface area contributed by atoms with Crippen LogP contribution in [0.5, 0.6) is 5.75 Å². The summed E-state index contributed by atoms with van der Waals surface area (Å²) in [5.74, 6) is 0.106. The summed E-state index contributed by atoms with van der Waals surface area (Å²) in [6.45, 7) is 1.87. The Kier molecular flexibility index (Phi) is 4.89. The highest BCUT2D eigenvalue weighted by Gasteiger charge is 2.14. The van der Waals surface area contributed by atoms with Crippen LogP contribution in [0.15, 0.2) is 42.5 Å². The molecule has 0 aromatic heterocycles. The topological polar surface area (TPSA) is 52.3 Å². The van der Waals surface area contributed by atoms with E-state index in [0.717, 1.165) is 27.5 Å². The first kappa shape index (κ1) is 17.6. The number of methoxy groups -OCH3 is 1. The molecule has 3 aromatic carbocycles. The number of carbonyl (C=O) groups is 1. The normalized spacial score (nSPS) is 10.9. The Morgan fingerprint density at radius 1 is 1.08 bits per heavy atom. The van der Waals surface area contributed by atoms with E-state index in [2.05, 4.69) is 0 Å². The fourth-order valence-corrected chi connectivity index (χ4v) is 3.42. The van der Waals surface area contributed by atoms with Crippen LogP contribution in [0.4, 0.5) is 0 Å². The number of benzene rings is 3. The fourth-order valence-electron chi connectivity index (χ4n) is 2.95. The lowest BCUT2D eigenvalue weighted by Crippen LogP contribution is -2.14. The molecule has 0 saturated heterocycles. The highest BCUT2D eigenvalue weighted by Crippen LogP contribution is 2.32. The summed E-state index contributed by atoms with van der Waals surface area (Å²) in [6, 6.07) is 13.2. The minimum Gasteiger partial charge on any atom is -0.497 e. The summed E-state index contributed by atoms with van der Waals surface area (Å²) >= 11 is 12.8. The van der Waals surface area contributed by atoms with Crippen molar-refractivity contribution in [2.45, 2.75) is 13.3 Å². The molecule has 25 heavy (non-hydrogen) atoms. The molecule has 0 bridgehead atoms. The van der Waals surface area contributed by atoms with Crippen molar-refractivity contribution in [2.24, 2.45) is 5.73 Å². The number of ether oxygens (including phenoxy) is 1. The van der Waals surface area contributed by atoms with Crippen LogP contribution in [0.25, 0.3) is 10.8 Å². The number of nitrogens with two attached hydrogens (primary N) is 1. The highest BCUT2D eigenvalue weighted by molar-refractivity contribution is 6.36. The second-order valence-electron chi connectivity index (χ2n) is 5.90. The van der Waals surface area contributed by atoms with Gasteiger partial charge < -0.3 is 10.5 Å². The van der Waals surface area contributed by atoms with E-state index in [-0.39, 0.29) is 0 Å². The first-order valence-corrected chi connectivity index (χ1v) is 8.50. The Morgan fingerprint density at radius 2 is 1.84 bits per heavy atom. The number of primary amides is 1. The van der Waals surface area contributed by atoms with E-state index < -0.39 is 5.91 Å². The van der Waals surface area contributed by atoms with Gasteiger partial charge in [0.1, 0.15) is 5.75 Å². The molecule has 0 spiro atoms. The van der Waals surface area contributed by atoms with E-state index >= 15 is 0 Å². The predicted molar refractivity (Wildman–Crippen MR) is 103 cm³/mol. The number of fused-ring (bicyclic) bond motifs is 1. The van der Waals surface area contributed by atoms with Crippen molar-refractivity contribution < 1.29 is 9.53 Å². The molecule has 0 fully saturated rings. The summed E-state index contributed by atoms with van der Waals surface area (Å²) in [5, 5.41) is 3.26. The molecule has 128 valence electrons. The summed E-state index contributed by atoms with van der Waals surface area (Å²) in [5.41, 5.74) is 8.61.